The van der Waals surface area contributed by atoms with Crippen LogP contribution in [0.2, 0.25) is 0 Å². The maximum absolute atomic E-state index is 4.66. The van der Waals surface area contributed by atoms with Crippen LogP contribution in [0.5, 0.6) is 0 Å². The molecular formula is C30H49N3. The Morgan fingerprint density at radius 2 is 0.970 bits per heavy atom. The molecule has 0 amide bonds. The van der Waals surface area contributed by atoms with Crippen LogP contribution in [-0.2, 0) is 12.8 Å². The van der Waals surface area contributed by atoms with Crippen LogP contribution in [0.3, 0.4) is 0 Å². The van der Waals surface area contributed by atoms with Gasteiger partial charge in [0.15, 0.2) is 5.82 Å². The maximum Gasteiger partial charge on any atom is 0.160 e. The van der Waals surface area contributed by atoms with Gasteiger partial charge in [0.05, 0.1) is 0 Å². The summed E-state index contributed by atoms with van der Waals surface area (Å²) in [7, 11) is 0. The molecular weight excluding hydrogens is 402 g/mol. The topological polar surface area (TPSA) is 38.7 Å². The van der Waals surface area contributed by atoms with Crippen molar-refractivity contribution in [2.45, 2.75) is 136 Å². The lowest BCUT2D eigenvalue weighted by atomic mass is 10.1. The predicted octanol–water partition coefficient (Wildman–Crippen LogP) is 9.30. The molecule has 0 unspecified atom stereocenters. The van der Waals surface area contributed by atoms with Crippen molar-refractivity contribution in [2.24, 2.45) is 0 Å². The number of nitrogens with zero attached hydrogens (tertiary/aromatic N) is 3. The van der Waals surface area contributed by atoms with E-state index in [1.165, 1.54) is 120 Å². The van der Waals surface area contributed by atoms with E-state index in [-0.39, 0.29) is 0 Å². The minimum Gasteiger partial charge on any atom is -0.261 e. The molecule has 2 aromatic rings. The molecule has 0 aliphatic heterocycles. The van der Waals surface area contributed by atoms with E-state index in [2.05, 4.69) is 40.9 Å². The smallest absolute Gasteiger partial charge is 0.160 e. The molecule has 0 atom stereocenters. The molecule has 2 aromatic heterocycles. The fraction of sp³-hybridized carbons (Fsp3) is 0.700. The molecule has 0 aliphatic rings. The SMILES string of the molecule is CCCCCCCCCCCc1ccc(-c2ncc(CCCCCCCCCC)cn2)cn1. The fourth-order valence-corrected chi connectivity index (χ4v) is 4.42. The molecule has 184 valence electrons. The first-order chi connectivity index (χ1) is 16.3. The van der Waals surface area contributed by atoms with E-state index in [1.54, 1.807) is 0 Å². The van der Waals surface area contributed by atoms with Crippen molar-refractivity contribution in [1.29, 1.82) is 0 Å². The third-order valence-corrected chi connectivity index (χ3v) is 6.64. The van der Waals surface area contributed by atoms with Gasteiger partial charge < -0.3 is 0 Å². The van der Waals surface area contributed by atoms with Crippen molar-refractivity contribution in [3.05, 3.63) is 42.0 Å². The van der Waals surface area contributed by atoms with Crippen LogP contribution in [0, 0.1) is 0 Å². The number of unbranched alkanes of at least 4 members (excludes halogenated alkanes) is 15. The summed E-state index contributed by atoms with van der Waals surface area (Å²) in [5.74, 6) is 0.789. The lowest BCUT2D eigenvalue weighted by Gasteiger charge is -2.05. The summed E-state index contributed by atoms with van der Waals surface area (Å²) in [5, 5.41) is 0. The third-order valence-electron chi connectivity index (χ3n) is 6.64. The molecule has 3 heteroatoms. The zero-order valence-corrected chi connectivity index (χ0v) is 21.7. The van der Waals surface area contributed by atoms with Gasteiger partial charge in [0.25, 0.3) is 0 Å². The Morgan fingerprint density at radius 3 is 1.45 bits per heavy atom. The van der Waals surface area contributed by atoms with Gasteiger partial charge in [-0.05, 0) is 43.4 Å². The number of pyridine rings is 1. The third kappa shape index (κ3) is 12.9. The van der Waals surface area contributed by atoms with E-state index in [0.717, 1.165) is 24.2 Å². The number of aromatic nitrogens is 3. The van der Waals surface area contributed by atoms with Gasteiger partial charge in [-0.15, -0.1) is 0 Å². The van der Waals surface area contributed by atoms with Gasteiger partial charge in [0.1, 0.15) is 0 Å². The van der Waals surface area contributed by atoms with Crippen molar-refractivity contribution in [3.63, 3.8) is 0 Å². The largest absolute Gasteiger partial charge is 0.261 e. The summed E-state index contributed by atoms with van der Waals surface area (Å²) < 4.78 is 0. The zero-order chi connectivity index (χ0) is 23.4. The molecule has 0 N–H and O–H groups in total. The quantitative estimate of drug-likeness (QED) is 0.188. The zero-order valence-electron chi connectivity index (χ0n) is 21.7. The normalized spacial score (nSPS) is 11.2. The molecule has 0 bridgehead atoms. The second kappa shape index (κ2) is 18.6. The Bertz CT molecular complexity index is 693. The molecule has 0 fully saturated rings. The molecule has 3 nitrogen and oxygen atoms in total. The van der Waals surface area contributed by atoms with Gasteiger partial charge in [0.2, 0.25) is 0 Å². The van der Waals surface area contributed by atoms with E-state index in [9.17, 15) is 0 Å². The minimum absolute atomic E-state index is 0.789. The van der Waals surface area contributed by atoms with E-state index < -0.39 is 0 Å². The van der Waals surface area contributed by atoms with E-state index >= 15 is 0 Å². The summed E-state index contributed by atoms with van der Waals surface area (Å²) in [6, 6.07) is 4.28. The van der Waals surface area contributed by atoms with Gasteiger partial charge in [0, 0.05) is 29.8 Å². The Kier molecular flexibility index (Phi) is 15.5. The fourth-order valence-electron chi connectivity index (χ4n) is 4.42. The van der Waals surface area contributed by atoms with E-state index in [1.807, 2.05) is 18.6 Å². The van der Waals surface area contributed by atoms with Crippen LogP contribution in [0.15, 0.2) is 30.7 Å². The van der Waals surface area contributed by atoms with Gasteiger partial charge >= 0.3 is 0 Å². The van der Waals surface area contributed by atoms with Crippen molar-refractivity contribution >= 4 is 0 Å². The lowest BCUT2D eigenvalue weighted by molar-refractivity contribution is 0.563. The molecule has 0 aromatic carbocycles. The average Bonchev–Trinajstić information content (AvgIpc) is 2.85. The minimum atomic E-state index is 0.789. The summed E-state index contributed by atoms with van der Waals surface area (Å²) >= 11 is 0. The first-order valence-corrected chi connectivity index (χ1v) is 14.1. The first kappa shape index (κ1) is 27.5. The summed E-state index contributed by atoms with van der Waals surface area (Å²) in [6.07, 6.45) is 31.2. The number of aryl methyl sites for hydroxylation is 2. The molecule has 0 aliphatic carbocycles. The van der Waals surface area contributed by atoms with Crippen molar-refractivity contribution in [1.82, 2.24) is 15.0 Å². The van der Waals surface area contributed by atoms with Crippen molar-refractivity contribution in [3.8, 4) is 11.4 Å². The Balaban J connectivity index is 1.59. The molecule has 2 heterocycles. The summed E-state index contributed by atoms with van der Waals surface area (Å²) in [6.45, 7) is 4.56. The monoisotopic (exact) mass is 451 g/mol. The number of hydrogen-bond donors (Lipinski definition) is 0. The van der Waals surface area contributed by atoms with Crippen LogP contribution in [0.4, 0.5) is 0 Å². The average molecular weight is 452 g/mol. The number of hydrogen-bond acceptors (Lipinski definition) is 3. The van der Waals surface area contributed by atoms with Gasteiger partial charge in [-0.2, -0.15) is 0 Å². The molecule has 0 saturated heterocycles. The van der Waals surface area contributed by atoms with E-state index in [0.29, 0.717) is 0 Å². The van der Waals surface area contributed by atoms with E-state index in [4.69, 9.17) is 0 Å². The molecule has 0 spiro atoms. The standard InChI is InChI=1S/C30H49N3/c1-3-5-7-9-11-13-15-17-19-21-29-23-22-28(26-31-29)30-32-24-27(25-33-30)20-18-16-14-12-10-8-6-4-2/h22-26H,3-21H2,1-2H3. The Hall–Kier alpha value is -1.77. The van der Waals surface area contributed by atoms with Crippen LogP contribution in [0.25, 0.3) is 11.4 Å². The van der Waals surface area contributed by atoms with Crippen molar-refractivity contribution in [2.75, 3.05) is 0 Å². The Morgan fingerprint density at radius 1 is 0.485 bits per heavy atom. The highest BCUT2D eigenvalue weighted by atomic mass is 14.9. The summed E-state index contributed by atoms with van der Waals surface area (Å²) in [5.41, 5.74) is 3.46. The van der Waals surface area contributed by atoms with Gasteiger partial charge in [-0.1, -0.05) is 110 Å². The maximum atomic E-state index is 4.66. The molecule has 0 radical (unpaired) electrons. The first-order valence-electron chi connectivity index (χ1n) is 14.1. The highest BCUT2D eigenvalue weighted by Gasteiger charge is 2.04. The van der Waals surface area contributed by atoms with Crippen LogP contribution in [-0.4, -0.2) is 15.0 Å². The molecule has 0 saturated carbocycles. The second-order valence-corrected chi connectivity index (χ2v) is 9.76. The molecule has 33 heavy (non-hydrogen) atoms. The van der Waals surface area contributed by atoms with Gasteiger partial charge in [-0.3, -0.25) is 4.98 Å². The highest BCUT2D eigenvalue weighted by molar-refractivity contribution is 5.53. The van der Waals surface area contributed by atoms with Crippen LogP contribution < -0.4 is 0 Å². The second-order valence-electron chi connectivity index (χ2n) is 9.76. The lowest BCUT2D eigenvalue weighted by Crippen LogP contribution is -1.95. The van der Waals surface area contributed by atoms with Crippen LogP contribution in [0.1, 0.15) is 134 Å². The highest BCUT2D eigenvalue weighted by Crippen LogP contribution is 2.17. The predicted molar refractivity (Wildman–Crippen MR) is 143 cm³/mol. The molecule has 2 rings (SSSR count). The van der Waals surface area contributed by atoms with Crippen LogP contribution >= 0.6 is 0 Å². The number of rotatable bonds is 20. The Labute approximate surface area is 204 Å². The van der Waals surface area contributed by atoms with Gasteiger partial charge in [-0.25, -0.2) is 9.97 Å². The summed E-state index contributed by atoms with van der Waals surface area (Å²) in [4.78, 5) is 13.9. The van der Waals surface area contributed by atoms with Crippen molar-refractivity contribution < 1.29 is 0 Å².